The van der Waals surface area contributed by atoms with Crippen molar-refractivity contribution in [1.29, 1.82) is 0 Å². The highest BCUT2D eigenvalue weighted by Crippen LogP contribution is 2.28. The lowest BCUT2D eigenvalue weighted by atomic mass is 9.98. The zero-order valence-corrected chi connectivity index (χ0v) is 13.9. The highest BCUT2D eigenvalue weighted by molar-refractivity contribution is 9.10. The Kier molecular flexibility index (Phi) is 8.31. The largest absolute Gasteiger partial charge is 0.310 e. The van der Waals surface area contributed by atoms with Gasteiger partial charge in [-0.1, -0.05) is 61.9 Å². The lowest BCUT2D eigenvalue weighted by molar-refractivity contribution is 0.435. The molecule has 0 aliphatic heterocycles. The molecular weight excluding hydrogens is 324 g/mol. The van der Waals surface area contributed by atoms with Crippen molar-refractivity contribution in [3.8, 4) is 0 Å². The normalized spacial score (nSPS) is 12.7. The van der Waals surface area contributed by atoms with Crippen molar-refractivity contribution in [3.05, 3.63) is 33.8 Å². The Balaban J connectivity index is 2.70. The monoisotopic (exact) mass is 347 g/mol. The number of rotatable bonds is 9. The van der Waals surface area contributed by atoms with Gasteiger partial charge in [-0.05, 0) is 25.1 Å². The van der Waals surface area contributed by atoms with Gasteiger partial charge >= 0.3 is 0 Å². The molecule has 0 bridgehead atoms. The Hall–Kier alpha value is -0.480. The van der Waals surface area contributed by atoms with E-state index in [0.29, 0.717) is 11.0 Å². The van der Waals surface area contributed by atoms with E-state index in [-0.39, 0.29) is 11.6 Å². The minimum atomic E-state index is -0.476. The van der Waals surface area contributed by atoms with E-state index >= 15 is 0 Å². The van der Waals surface area contributed by atoms with E-state index in [1.807, 2.05) is 6.92 Å². The second kappa shape index (κ2) is 9.46. The zero-order chi connectivity index (χ0) is 15.0. The molecule has 0 aliphatic carbocycles. The number of halogens is 3. The van der Waals surface area contributed by atoms with Gasteiger partial charge in [-0.15, -0.1) is 0 Å². The minimum absolute atomic E-state index is 0.172. The third-order valence-corrected chi connectivity index (χ3v) is 3.90. The maximum absolute atomic E-state index is 14.0. The second-order valence-corrected chi connectivity index (χ2v) is 6.01. The van der Waals surface area contributed by atoms with Crippen LogP contribution in [-0.2, 0) is 0 Å². The SMILES string of the molecule is CCCCCCCC(NCC)c1c(F)cc(Br)cc1F. The topological polar surface area (TPSA) is 12.0 Å². The Morgan fingerprint density at radius 3 is 2.20 bits per heavy atom. The number of nitrogens with one attached hydrogen (secondary N) is 1. The first-order valence-corrected chi connectivity index (χ1v) is 8.27. The lowest BCUT2D eigenvalue weighted by Crippen LogP contribution is -2.23. The first kappa shape index (κ1) is 17.6. The van der Waals surface area contributed by atoms with E-state index in [2.05, 4.69) is 28.2 Å². The van der Waals surface area contributed by atoms with Crippen molar-refractivity contribution in [2.75, 3.05) is 6.54 Å². The Morgan fingerprint density at radius 1 is 1.05 bits per heavy atom. The smallest absolute Gasteiger partial charge is 0.132 e. The van der Waals surface area contributed by atoms with Crippen LogP contribution >= 0.6 is 15.9 Å². The summed E-state index contributed by atoms with van der Waals surface area (Å²) in [6, 6.07) is 2.43. The zero-order valence-electron chi connectivity index (χ0n) is 12.3. The van der Waals surface area contributed by atoms with E-state index in [1.165, 1.54) is 31.4 Å². The van der Waals surface area contributed by atoms with Crippen molar-refractivity contribution in [3.63, 3.8) is 0 Å². The molecule has 0 aromatic heterocycles. The quantitative estimate of drug-likeness (QED) is 0.561. The molecule has 0 spiro atoms. The van der Waals surface area contributed by atoms with Crippen molar-refractivity contribution in [1.82, 2.24) is 5.32 Å². The van der Waals surface area contributed by atoms with Crippen LogP contribution < -0.4 is 5.32 Å². The molecule has 1 nitrogen and oxygen atoms in total. The summed E-state index contributed by atoms with van der Waals surface area (Å²) in [6.07, 6.45) is 6.51. The molecule has 0 heterocycles. The first-order chi connectivity index (χ1) is 9.60. The molecule has 0 fully saturated rings. The van der Waals surface area contributed by atoms with Crippen LogP contribution in [0.3, 0.4) is 0 Å². The number of benzene rings is 1. The molecule has 1 unspecified atom stereocenters. The van der Waals surface area contributed by atoms with Crippen LogP contribution in [0.1, 0.15) is 64.0 Å². The molecule has 4 heteroatoms. The van der Waals surface area contributed by atoms with E-state index in [0.717, 1.165) is 19.3 Å². The van der Waals surface area contributed by atoms with Gasteiger partial charge in [0, 0.05) is 16.1 Å². The predicted molar refractivity (Wildman–Crippen MR) is 83.9 cm³/mol. The molecule has 1 N–H and O–H groups in total. The summed E-state index contributed by atoms with van der Waals surface area (Å²) in [7, 11) is 0. The maximum atomic E-state index is 14.0. The molecule has 1 aromatic rings. The highest BCUT2D eigenvalue weighted by Gasteiger charge is 2.19. The van der Waals surface area contributed by atoms with Gasteiger partial charge in [0.15, 0.2) is 0 Å². The number of hydrogen-bond donors (Lipinski definition) is 1. The molecule has 1 rings (SSSR count). The third kappa shape index (κ3) is 5.49. The van der Waals surface area contributed by atoms with Crippen LogP contribution in [0.25, 0.3) is 0 Å². The fourth-order valence-corrected chi connectivity index (χ4v) is 2.84. The van der Waals surface area contributed by atoms with Crippen molar-refractivity contribution in [2.24, 2.45) is 0 Å². The summed E-state index contributed by atoms with van der Waals surface area (Å²) < 4.78 is 28.4. The van der Waals surface area contributed by atoms with Crippen molar-refractivity contribution >= 4 is 15.9 Å². The predicted octanol–water partition coefficient (Wildman–Crippen LogP) is 5.74. The van der Waals surface area contributed by atoms with E-state index < -0.39 is 11.6 Å². The van der Waals surface area contributed by atoms with Crippen molar-refractivity contribution in [2.45, 2.75) is 58.4 Å². The van der Waals surface area contributed by atoms with Gasteiger partial charge in [0.25, 0.3) is 0 Å². The Bertz CT molecular complexity index is 386. The molecular formula is C16H24BrF2N. The summed E-state index contributed by atoms with van der Waals surface area (Å²) in [5.41, 5.74) is 0.172. The van der Waals surface area contributed by atoms with Gasteiger partial charge in [0.2, 0.25) is 0 Å². The molecule has 0 radical (unpaired) electrons. The van der Waals surface area contributed by atoms with Gasteiger partial charge in [0.05, 0.1) is 0 Å². The number of hydrogen-bond acceptors (Lipinski definition) is 1. The average molecular weight is 348 g/mol. The minimum Gasteiger partial charge on any atom is -0.310 e. The summed E-state index contributed by atoms with van der Waals surface area (Å²) >= 11 is 3.12. The molecule has 0 amide bonds. The average Bonchev–Trinajstić information content (AvgIpc) is 2.37. The van der Waals surface area contributed by atoms with E-state index in [4.69, 9.17) is 0 Å². The van der Waals surface area contributed by atoms with Crippen LogP contribution in [0.15, 0.2) is 16.6 Å². The van der Waals surface area contributed by atoms with E-state index in [1.54, 1.807) is 0 Å². The van der Waals surface area contributed by atoms with Crippen LogP contribution in [0.4, 0.5) is 8.78 Å². The second-order valence-electron chi connectivity index (χ2n) is 5.10. The Labute approximate surface area is 129 Å². The van der Waals surface area contributed by atoms with Gasteiger partial charge in [-0.3, -0.25) is 0 Å². The highest BCUT2D eigenvalue weighted by atomic mass is 79.9. The van der Waals surface area contributed by atoms with Crippen LogP contribution in [-0.4, -0.2) is 6.54 Å². The molecule has 1 aromatic carbocycles. The Morgan fingerprint density at radius 2 is 1.65 bits per heavy atom. The van der Waals surface area contributed by atoms with Crippen LogP contribution in [0.2, 0.25) is 0 Å². The summed E-state index contributed by atoms with van der Waals surface area (Å²) in [5.74, 6) is -0.951. The van der Waals surface area contributed by atoms with E-state index in [9.17, 15) is 8.78 Å². The molecule has 1 atom stereocenters. The summed E-state index contributed by atoms with van der Waals surface area (Å²) in [5, 5.41) is 3.20. The maximum Gasteiger partial charge on any atom is 0.132 e. The van der Waals surface area contributed by atoms with Gasteiger partial charge in [-0.25, -0.2) is 8.78 Å². The molecule has 114 valence electrons. The summed E-state index contributed by atoms with van der Waals surface area (Å²) in [4.78, 5) is 0. The van der Waals surface area contributed by atoms with Crippen LogP contribution in [0.5, 0.6) is 0 Å². The van der Waals surface area contributed by atoms with Crippen molar-refractivity contribution < 1.29 is 8.78 Å². The molecule has 0 aliphatic rings. The fraction of sp³-hybridized carbons (Fsp3) is 0.625. The standard InChI is InChI=1S/C16H24BrF2N/c1-3-5-6-7-8-9-15(20-4-2)16-13(18)10-12(17)11-14(16)19/h10-11,15,20H,3-9H2,1-2H3. The molecule has 0 saturated heterocycles. The van der Waals surface area contributed by atoms with Gasteiger partial charge in [0.1, 0.15) is 11.6 Å². The molecule has 20 heavy (non-hydrogen) atoms. The first-order valence-electron chi connectivity index (χ1n) is 7.48. The number of unbranched alkanes of at least 4 members (excludes halogenated alkanes) is 4. The fourth-order valence-electron chi connectivity index (χ4n) is 2.43. The lowest BCUT2D eigenvalue weighted by Gasteiger charge is -2.20. The molecule has 0 saturated carbocycles. The van der Waals surface area contributed by atoms with Gasteiger partial charge in [-0.2, -0.15) is 0 Å². The third-order valence-electron chi connectivity index (χ3n) is 3.44. The van der Waals surface area contributed by atoms with Gasteiger partial charge < -0.3 is 5.32 Å². The van der Waals surface area contributed by atoms with Crippen LogP contribution in [0, 0.1) is 11.6 Å². The summed E-state index contributed by atoms with van der Waals surface area (Å²) in [6.45, 7) is 4.83.